The van der Waals surface area contributed by atoms with Crippen molar-refractivity contribution >= 4 is 69.3 Å². The first-order chi connectivity index (χ1) is 25.7. The molecule has 0 radical (unpaired) electrons. The lowest BCUT2D eigenvalue weighted by Crippen LogP contribution is -2.37. The third-order valence-corrected chi connectivity index (χ3v) is 9.67. The molecule has 11 nitrogen and oxygen atoms in total. The molecule has 53 heavy (non-hydrogen) atoms. The summed E-state index contributed by atoms with van der Waals surface area (Å²) in [5.74, 6) is -0.617. The summed E-state index contributed by atoms with van der Waals surface area (Å²) in [6.07, 6.45) is 9.53. The number of likely N-dealkylation sites (N-methyl/N-ethyl adjacent to an activating group) is 1. The van der Waals surface area contributed by atoms with E-state index in [0.717, 1.165) is 53.9 Å². The van der Waals surface area contributed by atoms with E-state index >= 15 is 0 Å². The summed E-state index contributed by atoms with van der Waals surface area (Å²) in [5, 5.41) is 7.04. The van der Waals surface area contributed by atoms with Crippen molar-refractivity contribution in [3.63, 3.8) is 0 Å². The molecule has 3 aromatic heterocycles. The minimum absolute atomic E-state index is 0.0501. The second-order valence-electron chi connectivity index (χ2n) is 12.6. The van der Waals surface area contributed by atoms with E-state index in [-0.39, 0.29) is 36.3 Å². The fraction of sp³-hybridized carbons (Fsp3) is 0.250. The second-order valence-corrected chi connectivity index (χ2v) is 13.4. The van der Waals surface area contributed by atoms with Crippen molar-refractivity contribution in [1.29, 1.82) is 0 Å². The number of anilines is 2. The summed E-state index contributed by atoms with van der Waals surface area (Å²) >= 11 is 13.4. The number of amides is 3. The third kappa shape index (κ3) is 9.29. The van der Waals surface area contributed by atoms with Crippen molar-refractivity contribution in [3.05, 3.63) is 123 Å². The van der Waals surface area contributed by atoms with Gasteiger partial charge in [0.05, 0.1) is 29.5 Å². The first-order valence-electron chi connectivity index (χ1n) is 17.3. The van der Waals surface area contributed by atoms with E-state index in [4.69, 9.17) is 32.9 Å². The van der Waals surface area contributed by atoms with Crippen LogP contribution in [0.15, 0.2) is 85.2 Å². The Morgan fingerprint density at radius 3 is 2.55 bits per heavy atom. The van der Waals surface area contributed by atoms with Gasteiger partial charge in [-0.1, -0.05) is 47.5 Å². The number of carbonyl (C=O) groups is 3. The lowest BCUT2D eigenvalue weighted by Gasteiger charge is -2.30. The van der Waals surface area contributed by atoms with Crippen LogP contribution < -0.4 is 25.2 Å². The number of aryl methyl sites for hydroxylation is 1. The van der Waals surface area contributed by atoms with Crippen LogP contribution >= 0.6 is 23.2 Å². The zero-order chi connectivity index (χ0) is 37.3. The Morgan fingerprint density at radius 2 is 1.79 bits per heavy atom. The Balaban J connectivity index is 1.05. The van der Waals surface area contributed by atoms with Crippen LogP contribution in [0.2, 0.25) is 10.0 Å². The number of benzene rings is 2. The highest BCUT2D eigenvalue weighted by Crippen LogP contribution is 2.37. The van der Waals surface area contributed by atoms with Gasteiger partial charge in [0, 0.05) is 66.0 Å². The SMILES string of the molecule is Cc1cc(N2CCCCC2)c2cccc(OCc3c(Cl)ccc(N(C)C(=O)CNC(=O)C=Cc4ccc(C(=O)NCc5ccccn5)nc4)c3Cl)c2n1. The Morgan fingerprint density at radius 1 is 0.962 bits per heavy atom. The van der Waals surface area contributed by atoms with Crippen LogP contribution in [0, 0.1) is 6.92 Å². The lowest BCUT2D eigenvalue weighted by molar-refractivity contribution is -0.122. The number of nitrogens with zero attached hydrogens (tertiary/aromatic N) is 5. The van der Waals surface area contributed by atoms with Gasteiger partial charge in [0.15, 0.2) is 0 Å². The quantitative estimate of drug-likeness (QED) is 0.131. The molecule has 6 rings (SSSR count). The van der Waals surface area contributed by atoms with Gasteiger partial charge in [0.1, 0.15) is 23.6 Å². The minimum atomic E-state index is -0.484. The van der Waals surface area contributed by atoms with Crippen LogP contribution in [-0.4, -0.2) is 59.4 Å². The van der Waals surface area contributed by atoms with Crippen molar-refractivity contribution in [3.8, 4) is 5.75 Å². The summed E-state index contributed by atoms with van der Waals surface area (Å²) in [5.41, 5.74) is 5.32. The fourth-order valence-electron chi connectivity index (χ4n) is 6.02. The number of para-hydroxylation sites is 1. The van der Waals surface area contributed by atoms with Crippen LogP contribution in [0.4, 0.5) is 11.4 Å². The maximum Gasteiger partial charge on any atom is 0.270 e. The monoisotopic (exact) mass is 751 g/mol. The predicted molar refractivity (Wildman–Crippen MR) is 208 cm³/mol. The Kier molecular flexibility index (Phi) is 12.2. The first kappa shape index (κ1) is 37.2. The molecule has 1 fully saturated rings. The van der Waals surface area contributed by atoms with E-state index in [1.807, 2.05) is 31.2 Å². The maximum absolute atomic E-state index is 13.1. The molecule has 1 aliphatic rings. The number of nitrogens with one attached hydrogen (secondary N) is 2. The third-order valence-electron chi connectivity index (χ3n) is 8.89. The van der Waals surface area contributed by atoms with Gasteiger partial charge in [-0.05, 0) is 80.3 Å². The maximum atomic E-state index is 13.1. The summed E-state index contributed by atoms with van der Waals surface area (Å²) in [6.45, 7) is 4.06. The number of aromatic nitrogens is 3. The lowest BCUT2D eigenvalue weighted by atomic mass is 10.1. The molecule has 4 heterocycles. The number of rotatable bonds is 12. The Bertz CT molecular complexity index is 2140. The van der Waals surface area contributed by atoms with Gasteiger partial charge in [-0.2, -0.15) is 0 Å². The number of fused-ring (bicyclic) bond motifs is 1. The Hall–Kier alpha value is -5.52. The summed E-state index contributed by atoms with van der Waals surface area (Å²) in [4.78, 5) is 55.1. The molecule has 0 spiro atoms. The molecule has 1 saturated heterocycles. The zero-order valence-electron chi connectivity index (χ0n) is 29.4. The van der Waals surface area contributed by atoms with Crippen LogP contribution in [0.1, 0.15) is 52.3 Å². The van der Waals surface area contributed by atoms with E-state index in [2.05, 4.69) is 37.6 Å². The van der Waals surface area contributed by atoms with Crippen LogP contribution in [0.3, 0.4) is 0 Å². The van der Waals surface area contributed by atoms with E-state index in [9.17, 15) is 14.4 Å². The Labute approximate surface area is 318 Å². The number of halogens is 2. The van der Waals surface area contributed by atoms with Crippen LogP contribution in [0.25, 0.3) is 17.0 Å². The average Bonchev–Trinajstić information content (AvgIpc) is 3.18. The summed E-state index contributed by atoms with van der Waals surface area (Å²) in [6, 6.07) is 20.0. The topological polar surface area (TPSA) is 130 Å². The van der Waals surface area contributed by atoms with Gasteiger partial charge in [0.25, 0.3) is 5.91 Å². The van der Waals surface area contributed by atoms with E-state index in [1.54, 1.807) is 43.6 Å². The highest BCUT2D eigenvalue weighted by Gasteiger charge is 2.21. The molecular formula is C40H39Cl2N7O4. The molecule has 0 saturated carbocycles. The number of hydrogen-bond acceptors (Lipinski definition) is 8. The molecule has 0 bridgehead atoms. The normalized spacial score (nSPS) is 12.9. The molecule has 13 heteroatoms. The van der Waals surface area contributed by atoms with E-state index < -0.39 is 11.8 Å². The number of carbonyl (C=O) groups excluding carboxylic acids is 3. The molecule has 3 amide bonds. The van der Waals surface area contributed by atoms with Crippen molar-refractivity contribution in [2.24, 2.45) is 0 Å². The van der Waals surface area contributed by atoms with Gasteiger partial charge in [-0.25, -0.2) is 4.98 Å². The largest absolute Gasteiger partial charge is 0.487 e. The highest BCUT2D eigenvalue weighted by molar-refractivity contribution is 6.38. The molecule has 0 atom stereocenters. The zero-order valence-corrected chi connectivity index (χ0v) is 31.0. The van der Waals surface area contributed by atoms with Gasteiger partial charge in [-0.3, -0.25) is 24.4 Å². The van der Waals surface area contributed by atoms with Gasteiger partial charge in [0.2, 0.25) is 11.8 Å². The molecular weight excluding hydrogens is 713 g/mol. The summed E-state index contributed by atoms with van der Waals surface area (Å²) in [7, 11) is 1.57. The predicted octanol–water partition coefficient (Wildman–Crippen LogP) is 6.93. The second kappa shape index (κ2) is 17.3. The molecule has 2 aromatic carbocycles. The van der Waals surface area contributed by atoms with Crippen molar-refractivity contribution in [2.45, 2.75) is 39.3 Å². The molecule has 0 aliphatic carbocycles. The summed E-state index contributed by atoms with van der Waals surface area (Å²) < 4.78 is 6.30. The molecule has 5 aromatic rings. The van der Waals surface area contributed by atoms with Gasteiger partial charge >= 0.3 is 0 Å². The number of ether oxygens (including phenoxy) is 1. The number of pyridine rings is 3. The molecule has 2 N–H and O–H groups in total. The standard InChI is InChI=1S/C40H39Cl2N7O4/c1-26-21-34(49-19-6-3-7-20-49)29-10-8-11-35(39(29)47-26)53-25-30-31(41)14-16-33(38(30)42)48(2)37(51)24-45-36(50)17-13-27-12-15-32(44-22-27)40(52)46-23-28-9-4-5-18-43-28/h4-5,8-18,21-22H,3,6-7,19-20,23-25H2,1-2H3,(H,45,50)(H,46,52). The average molecular weight is 753 g/mol. The van der Waals surface area contributed by atoms with Crippen molar-refractivity contribution < 1.29 is 19.1 Å². The number of piperidine rings is 1. The van der Waals surface area contributed by atoms with E-state index in [1.165, 1.54) is 29.7 Å². The van der Waals surface area contributed by atoms with E-state index in [0.29, 0.717) is 27.6 Å². The van der Waals surface area contributed by atoms with Gasteiger partial charge < -0.3 is 25.2 Å². The minimum Gasteiger partial charge on any atom is -0.487 e. The van der Waals surface area contributed by atoms with Crippen LogP contribution in [-0.2, 0) is 22.7 Å². The highest BCUT2D eigenvalue weighted by atomic mass is 35.5. The van der Waals surface area contributed by atoms with Crippen LogP contribution in [0.5, 0.6) is 5.75 Å². The fourth-order valence-corrected chi connectivity index (χ4v) is 6.62. The van der Waals surface area contributed by atoms with Crippen molar-refractivity contribution in [1.82, 2.24) is 25.6 Å². The molecule has 272 valence electrons. The smallest absolute Gasteiger partial charge is 0.270 e. The van der Waals surface area contributed by atoms with Gasteiger partial charge in [-0.15, -0.1) is 0 Å². The van der Waals surface area contributed by atoms with Crippen molar-refractivity contribution in [2.75, 3.05) is 36.5 Å². The number of hydrogen-bond donors (Lipinski definition) is 2. The molecule has 0 unspecified atom stereocenters. The molecule has 1 aliphatic heterocycles. The first-order valence-corrected chi connectivity index (χ1v) is 18.0.